The molecule has 20 heavy (non-hydrogen) atoms. The number of amides is 2. The van der Waals surface area contributed by atoms with Crippen molar-refractivity contribution in [3.63, 3.8) is 0 Å². The van der Waals surface area contributed by atoms with Crippen LogP contribution in [0.5, 0.6) is 0 Å². The number of unbranched alkanes of at least 4 members (excludes halogenated alkanes) is 2. The molecule has 2 amide bonds. The average Bonchev–Trinajstić information content (AvgIpc) is 2.44. The van der Waals surface area contributed by atoms with Crippen LogP contribution in [0.15, 0.2) is 30.3 Å². The van der Waals surface area contributed by atoms with Gasteiger partial charge in [0.15, 0.2) is 0 Å². The minimum Gasteiger partial charge on any atom is -0.481 e. The second-order valence-electron chi connectivity index (χ2n) is 4.52. The number of carboxylic acids is 1. The minimum absolute atomic E-state index is 0.114. The highest BCUT2D eigenvalue weighted by Gasteiger charge is 2.12. The first kappa shape index (κ1) is 16.0. The molecule has 0 aromatic heterocycles. The highest BCUT2D eigenvalue weighted by molar-refractivity contribution is 5.91. The third-order valence-corrected chi connectivity index (χ3v) is 2.97. The van der Waals surface area contributed by atoms with E-state index in [1.807, 2.05) is 37.3 Å². The van der Waals surface area contributed by atoms with Crippen molar-refractivity contribution in [1.82, 2.24) is 5.32 Å². The van der Waals surface area contributed by atoms with Crippen molar-refractivity contribution in [3.8, 4) is 0 Å². The lowest BCUT2D eigenvalue weighted by Gasteiger charge is -2.21. The van der Waals surface area contributed by atoms with Gasteiger partial charge in [0, 0.05) is 25.2 Å². The molecule has 1 rings (SSSR count). The summed E-state index contributed by atoms with van der Waals surface area (Å²) in [5.74, 6) is -0.768. The highest BCUT2D eigenvalue weighted by Crippen LogP contribution is 2.12. The van der Waals surface area contributed by atoms with Gasteiger partial charge in [-0.3, -0.25) is 9.69 Å². The van der Waals surface area contributed by atoms with E-state index in [4.69, 9.17) is 5.11 Å². The molecule has 0 aliphatic carbocycles. The maximum atomic E-state index is 12.0. The van der Waals surface area contributed by atoms with Crippen LogP contribution in [0.25, 0.3) is 0 Å². The number of carbonyl (C=O) groups is 2. The average molecular weight is 278 g/mol. The number of benzene rings is 1. The van der Waals surface area contributed by atoms with E-state index in [-0.39, 0.29) is 12.5 Å². The molecule has 1 aromatic carbocycles. The number of para-hydroxylation sites is 1. The molecule has 110 valence electrons. The SMILES string of the molecule is CCN(C(=O)NCCCCCC(=O)O)c1ccccc1. The van der Waals surface area contributed by atoms with E-state index in [1.54, 1.807) is 4.90 Å². The highest BCUT2D eigenvalue weighted by atomic mass is 16.4. The van der Waals surface area contributed by atoms with Crippen molar-refractivity contribution in [2.24, 2.45) is 0 Å². The first-order valence-corrected chi connectivity index (χ1v) is 6.97. The maximum Gasteiger partial charge on any atom is 0.321 e. The van der Waals surface area contributed by atoms with Crippen LogP contribution in [0.2, 0.25) is 0 Å². The van der Waals surface area contributed by atoms with E-state index in [0.29, 0.717) is 19.5 Å². The van der Waals surface area contributed by atoms with Crippen LogP contribution in [-0.4, -0.2) is 30.2 Å². The Bertz CT molecular complexity index is 420. The zero-order valence-corrected chi connectivity index (χ0v) is 11.8. The fourth-order valence-electron chi connectivity index (χ4n) is 1.92. The lowest BCUT2D eigenvalue weighted by Crippen LogP contribution is -2.40. The molecule has 0 saturated carbocycles. The van der Waals surface area contributed by atoms with Gasteiger partial charge in [-0.1, -0.05) is 24.6 Å². The van der Waals surface area contributed by atoms with Crippen molar-refractivity contribution in [2.45, 2.75) is 32.6 Å². The molecular formula is C15H22N2O3. The first-order chi connectivity index (χ1) is 9.65. The molecule has 0 atom stereocenters. The molecule has 0 aliphatic heterocycles. The van der Waals surface area contributed by atoms with E-state index < -0.39 is 5.97 Å². The van der Waals surface area contributed by atoms with Gasteiger partial charge in [-0.05, 0) is 31.9 Å². The Morgan fingerprint density at radius 3 is 2.45 bits per heavy atom. The van der Waals surface area contributed by atoms with Gasteiger partial charge in [-0.15, -0.1) is 0 Å². The van der Waals surface area contributed by atoms with Gasteiger partial charge in [0.05, 0.1) is 0 Å². The Morgan fingerprint density at radius 1 is 1.15 bits per heavy atom. The summed E-state index contributed by atoms with van der Waals surface area (Å²) in [5.41, 5.74) is 0.873. The number of aliphatic carboxylic acids is 1. The molecule has 0 unspecified atom stereocenters. The zero-order valence-electron chi connectivity index (χ0n) is 11.8. The van der Waals surface area contributed by atoms with Crippen molar-refractivity contribution in [3.05, 3.63) is 30.3 Å². The summed E-state index contributed by atoms with van der Waals surface area (Å²) in [6, 6.07) is 9.40. The van der Waals surface area contributed by atoms with Crippen LogP contribution in [0.3, 0.4) is 0 Å². The number of carboxylic acid groups (broad SMARTS) is 1. The second kappa shape index (κ2) is 8.96. The monoisotopic (exact) mass is 278 g/mol. The third kappa shape index (κ3) is 5.73. The summed E-state index contributed by atoms with van der Waals surface area (Å²) in [4.78, 5) is 24.1. The molecule has 2 N–H and O–H groups in total. The summed E-state index contributed by atoms with van der Waals surface area (Å²) in [7, 11) is 0. The molecule has 0 spiro atoms. The minimum atomic E-state index is -0.768. The number of nitrogens with one attached hydrogen (secondary N) is 1. The molecular weight excluding hydrogens is 256 g/mol. The molecule has 0 saturated heterocycles. The molecule has 0 fully saturated rings. The fourth-order valence-corrected chi connectivity index (χ4v) is 1.92. The van der Waals surface area contributed by atoms with Crippen LogP contribution in [0.4, 0.5) is 10.5 Å². The third-order valence-electron chi connectivity index (χ3n) is 2.97. The van der Waals surface area contributed by atoms with Crippen LogP contribution in [0.1, 0.15) is 32.6 Å². The van der Waals surface area contributed by atoms with Crippen molar-refractivity contribution in [2.75, 3.05) is 18.0 Å². The summed E-state index contributed by atoms with van der Waals surface area (Å²) in [6.45, 7) is 3.11. The van der Waals surface area contributed by atoms with Gasteiger partial charge in [0.25, 0.3) is 0 Å². The number of carbonyl (C=O) groups excluding carboxylic acids is 1. The maximum absolute atomic E-state index is 12.0. The number of rotatable bonds is 8. The van der Waals surface area contributed by atoms with Crippen molar-refractivity contribution < 1.29 is 14.7 Å². The number of hydrogen-bond donors (Lipinski definition) is 2. The standard InChI is InChI=1S/C15H22N2O3/c1-2-17(13-9-5-3-6-10-13)15(20)16-12-8-4-7-11-14(18)19/h3,5-6,9-10H,2,4,7-8,11-12H2,1H3,(H,16,20)(H,18,19). The number of nitrogens with zero attached hydrogens (tertiary/aromatic N) is 1. The molecule has 0 bridgehead atoms. The Kier molecular flexibility index (Phi) is 7.17. The van der Waals surface area contributed by atoms with Gasteiger partial charge in [-0.25, -0.2) is 4.79 Å². The largest absolute Gasteiger partial charge is 0.481 e. The first-order valence-electron chi connectivity index (χ1n) is 6.97. The Morgan fingerprint density at radius 2 is 1.85 bits per heavy atom. The zero-order chi connectivity index (χ0) is 14.8. The summed E-state index contributed by atoms with van der Waals surface area (Å²) < 4.78 is 0. The Hall–Kier alpha value is -2.04. The van der Waals surface area contributed by atoms with E-state index >= 15 is 0 Å². The number of anilines is 1. The fraction of sp³-hybridized carbons (Fsp3) is 0.467. The second-order valence-corrected chi connectivity index (χ2v) is 4.52. The summed E-state index contributed by atoms with van der Waals surface area (Å²) >= 11 is 0. The van der Waals surface area contributed by atoms with Gasteiger partial charge in [0.2, 0.25) is 0 Å². The molecule has 5 nitrogen and oxygen atoms in total. The molecule has 0 heterocycles. The summed E-state index contributed by atoms with van der Waals surface area (Å²) in [6.07, 6.45) is 2.45. The quantitative estimate of drug-likeness (QED) is 0.718. The van der Waals surface area contributed by atoms with Gasteiger partial charge in [-0.2, -0.15) is 0 Å². The molecule has 5 heteroatoms. The van der Waals surface area contributed by atoms with Crippen LogP contribution in [-0.2, 0) is 4.79 Å². The van der Waals surface area contributed by atoms with Crippen molar-refractivity contribution >= 4 is 17.7 Å². The topological polar surface area (TPSA) is 69.6 Å². The molecule has 0 radical (unpaired) electrons. The Labute approximate surface area is 119 Å². The van der Waals surface area contributed by atoms with E-state index in [1.165, 1.54) is 0 Å². The van der Waals surface area contributed by atoms with Crippen LogP contribution < -0.4 is 10.2 Å². The van der Waals surface area contributed by atoms with Crippen LogP contribution in [0, 0.1) is 0 Å². The lowest BCUT2D eigenvalue weighted by molar-refractivity contribution is -0.137. The van der Waals surface area contributed by atoms with E-state index in [0.717, 1.165) is 18.5 Å². The molecule has 0 aliphatic rings. The summed E-state index contributed by atoms with van der Waals surface area (Å²) in [5, 5.41) is 11.4. The number of urea groups is 1. The predicted molar refractivity (Wildman–Crippen MR) is 79.0 cm³/mol. The van der Waals surface area contributed by atoms with E-state index in [9.17, 15) is 9.59 Å². The smallest absolute Gasteiger partial charge is 0.321 e. The number of hydrogen-bond acceptors (Lipinski definition) is 2. The normalized spacial score (nSPS) is 10.1. The van der Waals surface area contributed by atoms with E-state index in [2.05, 4.69) is 5.32 Å². The predicted octanol–water partition coefficient (Wildman–Crippen LogP) is 2.87. The van der Waals surface area contributed by atoms with Crippen LogP contribution >= 0.6 is 0 Å². The Balaban J connectivity index is 2.29. The van der Waals surface area contributed by atoms with Gasteiger partial charge in [0.1, 0.15) is 0 Å². The lowest BCUT2D eigenvalue weighted by atomic mass is 10.2. The molecule has 1 aromatic rings. The van der Waals surface area contributed by atoms with Gasteiger partial charge >= 0.3 is 12.0 Å². The van der Waals surface area contributed by atoms with Gasteiger partial charge < -0.3 is 10.4 Å². The van der Waals surface area contributed by atoms with Crippen molar-refractivity contribution in [1.29, 1.82) is 0 Å².